The number of alkyl halides is 2. The van der Waals surface area contributed by atoms with Crippen LogP contribution in [0.5, 0.6) is 0 Å². The van der Waals surface area contributed by atoms with Crippen LogP contribution in [-0.2, 0) is 20.8 Å². The average Bonchev–Trinajstić information content (AvgIpc) is 3.49. The average molecular weight is 504 g/mol. The van der Waals surface area contributed by atoms with Crippen molar-refractivity contribution >= 4 is 23.6 Å². The molecule has 36 heavy (non-hydrogen) atoms. The van der Waals surface area contributed by atoms with Gasteiger partial charge in [-0.15, -0.1) is 0 Å². The Morgan fingerprint density at radius 3 is 2.58 bits per heavy atom. The zero-order valence-electron chi connectivity index (χ0n) is 19.5. The Kier molecular flexibility index (Phi) is 6.84. The second-order valence-electron chi connectivity index (χ2n) is 9.73. The van der Waals surface area contributed by atoms with Gasteiger partial charge in [0.2, 0.25) is 5.91 Å². The third kappa shape index (κ3) is 5.90. The van der Waals surface area contributed by atoms with Crippen LogP contribution in [-0.4, -0.2) is 69.8 Å². The number of oxime groups is 1. The van der Waals surface area contributed by atoms with Crippen LogP contribution in [0.2, 0.25) is 0 Å². The van der Waals surface area contributed by atoms with Gasteiger partial charge in [-0.2, -0.15) is 5.26 Å². The summed E-state index contributed by atoms with van der Waals surface area (Å²) in [5.41, 5.74) is -1.86. The Balaban J connectivity index is 1.45. The molecular formula is C24H27F2N5O5. The van der Waals surface area contributed by atoms with Gasteiger partial charge in [-0.25, -0.2) is 18.4 Å². The van der Waals surface area contributed by atoms with Gasteiger partial charge in [-0.1, -0.05) is 35.5 Å². The number of hydrogen-bond acceptors (Lipinski definition) is 6. The van der Waals surface area contributed by atoms with E-state index in [1.54, 1.807) is 30.3 Å². The van der Waals surface area contributed by atoms with Crippen LogP contribution < -0.4 is 10.6 Å². The number of likely N-dealkylation sites (tertiary alicyclic amines) is 1. The van der Waals surface area contributed by atoms with Crippen molar-refractivity contribution in [3.63, 3.8) is 0 Å². The van der Waals surface area contributed by atoms with Crippen molar-refractivity contribution in [1.29, 1.82) is 5.26 Å². The van der Waals surface area contributed by atoms with Gasteiger partial charge in [-0.05, 0) is 31.2 Å². The van der Waals surface area contributed by atoms with Crippen molar-refractivity contribution in [2.24, 2.45) is 5.16 Å². The molecule has 0 aromatic heterocycles. The molecule has 3 amide bonds. The minimum absolute atomic E-state index is 0.00397. The van der Waals surface area contributed by atoms with Gasteiger partial charge in [-0.3, -0.25) is 4.79 Å². The molecule has 1 unspecified atom stereocenters. The first-order valence-electron chi connectivity index (χ1n) is 11.7. The smallest absolute Gasteiger partial charge is 0.353 e. The van der Waals surface area contributed by atoms with E-state index in [9.17, 15) is 24.8 Å². The lowest BCUT2D eigenvalue weighted by Gasteiger charge is -2.38. The van der Waals surface area contributed by atoms with E-state index in [-0.39, 0.29) is 25.2 Å². The lowest BCUT2D eigenvalue weighted by Crippen LogP contribution is -2.58. The van der Waals surface area contributed by atoms with Crippen LogP contribution in [0, 0.1) is 11.3 Å². The van der Waals surface area contributed by atoms with Crippen LogP contribution in [0.4, 0.5) is 13.6 Å². The number of rotatable bonds is 8. The van der Waals surface area contributed by atoms with E-state index in [1.807, 2.05) is 6.07 Å². The molecule has 10 nitrogen and oxygen atoms in total. The van der Waals surface area contributed by atoms with Gasteiger partial charge in [0.05, 0.1) is 12.6 Å². The molecule has 3 N–H and O–H groups in total. The summed E-state index contributed by atoms with van der Waals surface area (Å²) < 4.78 is 30.0. The molecule has 1 saturated carbocycles. The van der Waals surface area contributed by atoms with Crippen molar-refractivity contribution < 1.29 is 33.1 Å². The van der Waals surface area contributed by atoms with Crippen molar-refractivity contribution in [1.82, 2.24) is 15.5 Å². The number of nitrogens with one attached hydrogen (secondary N) is 2. The van der Waals surface area contributed by atoms with E-state index in [1.165, 1.54) is 4.90 Å². The predicted molar refractivity (Wildman–Crippen MR) is 122 cm³/mol. The van der Waals surface area contributed by atoms with Crippen LogP contribution in [0.15, 0.2) is 35.5 Å². The molecule has 4 rings (SSSR count). The first-order valence-corrected chi connectivity index (χ1v) is 11.7. The van der Waals surface area contributed by atoms with Crippen LogP contribution in [0.1, 0.15) is 44.1 Å². The van der Waals surface area contributed by atoms with E-state index < -0.39 is 53.9 Å². The number of carbonyl (C=O) groups excluding carboxylic acids is 2. The van der Waals surface area contributed by atoms with Gasteiger partial charge in [0, 0.05) is 25.8 Å². The number of urea groups is 1. The van der Waals surface area contributed by atoms with E-state index in [0.29, 0.717) is 31.2 Å². The Morgan fingerprint density at radius 1 is 1.25 bits per heavy atom. The topological polar surface area (TPSA) is 144 Å². The Hall–Kier alpha value is -3.75. The van der Waals surface area contributed by atoms with Crippen LogP contribution in [0.3, 0.4) is 0 Å². The zero-order chi connectivity index (χ0) is 26.0. The van der Waals surface area contributed by atoms with Crippen LogP contribution >= 0.6 is 0 Å². The minimum atomic E-state index is -3.32. The van der Waals surface area contributed by atoms with Crippen molar-refractivity contribution in [3.05, 3.63) is 35.9 Å². The maximum atomic E-state index is 15.0. The predicted octanol–water partition coefficient (Wildman–Crippen LogP) is 2.20. The number of benzene rings is 1. The number of hydrogen-bond donors (Lipinski definition) is 3. The largest absolute Gasteiger partial charge is 0.477 e. The fourth-order valence-corrected chi connectivity index (χ4v) is 4.55. The molecule has 0 radical (unpaired) electrons. The van der Waals surface area contributed by atoms with Gasteiger partial charge < -0.3 is 25.5 Å². The van der Waals surface area contributed by atoms with Gasteiger partial charge >= 0.3 is 12.0 Å². The molecule has 192 valence electrons. The third-order valence-electron chi connectivity index (χ3n) is 6.66. The number of halogens is 2. The van der Waals surface area contributed by atoms with E-state index in [0.717, 1.165) is 0 Å². The van der Waals surface area contributed by atoms with E-state index >= 15 is 8.78 Å². The summed E-state index contributed by atoms with van der Waals surface area (Å²) in [6.07, 6.45) is 0.211. The summed E-state index contributed by atoms with van der Waals surface area (Å²) in [4.78, 5) is 43.9. The zero-order valence-corrected chi connectivity index (χ0v) is 19.5. The highest BCUT2D eigenvalue weighted by molar-refractivity contribution is 6.36. The summed E-state index contributed by atoms with van der Waals surface area (Å²) in [5, 5.41) is 27.0. The molecule has 0 bridgehead atoms. The van der Waals surface area contributed by atoms with Crippen molar-refractivity contribution in [3.8, 4) is 6.07 Å². The van der Waals surface area contributed by atoms with Crippen molar-refractivity contribution in [2.75, 3.05) is 13.1 Å². The molecule has 3 aliphatic rings. The fraction of sp³-hybridized carbons (Fsp3) is 0.542. The highest BCUT2D eigenvalue weighted by atomic mass is 19.3. The molecule has 1 aromatic rings. The summed E-state index contributed by atoms with van der Waals surface area (Å²) >= 11 is 0. The second-order valence-corrected chi connectivity index (χ2v) is 9.73. The molecule has 2 atom stereocenters. The molecule has 2 heterocycles. The molecule has 2 aliphatic heterocycles. The molecule has 1 saturated heterocycles. The number of carboxylic acid groups (broad SMARTS) is 1. The first kappa shape index (κ1) is 25.3. The summed E-state index contributed by atoms with van der Waals surface area (Å²) in [6.45, 7) is 0.270. The number of aliphatic carboxylic acids is 1. The maximum Gasteiger partial charge on any atom is 0.353 e. The SMILES string of the molecule is N#CC1(NC(=O)[C@H](CC(F)(F)Cc2ccccc2)NC(=O)N2CCCC3(CC(C(=O)O)=NO3)C2)CC1. The van der Waals surface area contributed by atoms with Gasteiger partial charge in [0.1, 0.15) is 11.6 Å². The quantitative estimate of drug-likeness (QED) is 0.496. The normalized spacial score (nSPS) is 23.1. The molecule has 1 aliphatic carbocycles. The van der Waals surface area contributed by atoms with Gasteiger partial charge in [0.15, 0.2) is 11.3 Å². The number of piperidine rings is 1. The molecule has 1 spiro atoms. The number of amides is 3. The first-order chi connectivity index (χ1) is 17.0. The molecule has 1 aromatic carbocycles. The Bertz CT molecular complexity index is 1100. The number of carbonyl (C=O) groups is 3. The van der Waals surface area contributed by atoms with Crippen LogP contribution in [0.25, 0.3) is 0 Å². The van der Waals surface area contributed by atoms with Gasteiger partial charge in [0.25, 0.3) is 5.92 Å². The van der Waals surface area contributed by atoms with E-state index in [4.69, 9.17) is 4.84 Å². The number of nitrogens with zero attached hydrogens (tertiary/aromatic N) is 3. The number of carboxylic acids is 1. The Morgan fingerprint density at radius 2 is 1.97 bits per heavy atom. The maximum absolute atomic E-state index is 15.0. The fourth-order valence-electron chi connectivity index (χ4n) is 4.55. The molecule has 12 heteroatoms. The monoisotopic (exact) mass is 503 g/mol. The lowest BCUT2D eigenvalue weighted by atomic mass is 9.88. The third-order valence-corrected chi connectivity index (χ3v) is 6.66. The Labute approximate surface area is 206 Å². The van der Waals surface area contributed by atoms with E-state index in [2.05, 4.69) is 15.8 Å². The highest BCUT2D eigenvalue weighted by Gasteiger charge is 2.48. The number of nitriles is 1. The minimum Gasteiger partial charge on any atom is -0.477 e. The molecular weight excluding hydrogens is 476 g/mol. The lowest BCUT2D eigenvalue weighted by molar-refractivity contribution is -0.129. The highest BCUT2D eigenvalue weighted by Crippen LogP contribution is 2.36. The second kappa shape index (κ2) is 9.72. The summed E-state index contributed by atoms with van der Waals surface area (Å²) in [6, 6.07) is 7.73. The molecule has 2 fully saturated rings. The van der Waals surface area contributed by atoms with Crippen molar-refractivity contribution in [2.45, 2.75) is 68.1 Å². The standard InChI is InChI=1S/C24H27F2N5O5/c25-24(26,11-16-5-2-1-3-6-16)13-17(19(32)29-22(14-27)8-9-22)28-21(35)31-10-4-7-23(15-31)12-18(20(33)34)30-36-23/h1-3,5-6,17H,4,7-13,15H2,(H,28,35)(H,29,32)(H,33,34)/t17-,23?/m0/s1. The summed E-state index contributed by atoms with van der Waals surface area (Å²) in [5.74, 6) is -5.38. The summed E-state index contributed by atoms with van der Waals surface area (Å²) in [7, 11) is 0.